The van der Waals surface area contributed by atoms with Gasteiger partial charge < -0.3 is 9.73 Å². The van der Waals surface area contributed by atoms with Gasteiger partial charge in [-0.1, -0.05) is 97.1 Å². The van der Waals surface area contributed by atoms with Crippen molar-refractivity contribution >= 4 is 33.5 Å². The van der Waals surface area contributed by atoms with Crippen molar-refractivity contribution in [3.05, 3.63) is 138 Å². The van der Waals surface area contributed by atoms with Crippen LogP contribution >= 0.6 is 0 Å². The van der Waals surface area contributed by atoms with E-state index in [2.05, 4.69) is 41.7 Å². The largest absolute Gasteiger partial charge is 0.435 e. The molecular weight excluding hydrogens is 456 g/mol. The van der Waals surface area contributed by atoms with Gasteiger partial charge in [0.2, 0.25) is 5.89 Å². The quantitative estimate of drug-likeness (QED) is 0.293. The van der Waals surface area contributed by atoms with Crippen molar-refractivity contribution in [2.24, 2.45) is 9.98 Å². The summed E-state index contributed by atoms with van der Waals surface area (Å²) in [5, 5.41) is 5.64. The Bertz CT molecular complexity index is 1790. The second-order valence-electron chi connectivity index (χ2n) is 8.97. The zero-order chi connectivity index (χ0) is 24.6. The highest BCUT2D eigenvalue weighted by atomic mass is 16.3. The fraction of sp³-hybridized carbons (Fsp3) is 0.0312. The van der Waals surface area contributed by atoms with E-state index in [0.717, 1.165) is 50.0 Å². The molecule has 6 aromatic rings. The summed E-state index contributed by atoms with van der Waals surface area (Å²) < 4.78 is 6.30. The summed E-state index contributed by atoms with van der Waals surface area (Å²) in [6, 6.07) is 40.7. The number of hydrogen-bond acceptors (Lipinski definition) is 5. The highest BCUT2D eigenvalue weighted by molar-refractivity contribution is 6.13. The maximum Gasteiger partial charge on any atom is 0.227 e. The minimum Gasteiger partial charge on any atom is -0.435 e. The molecule has 5 heteroatoms. The van der Waals surface area contributed by atoms with E-state index in [1.807, 2.05) is 84.9 Å². The molecule has 0 spiro atoms. The Morgan fingerprint density at radius 1 is 0.649 bits per heavy atom. The fourth-order valence-corrected chi connectivity index (χ4v) is 4.68. The predicted molar refractivity (Wildman–Crippen MR) is 149 cm³/mol. The van der Waals surface area contributed by atoms with Crippen LogP contribution < -0.4 is 5.32 Å². The molecule has 5 nitrogen and oxygen atoms in total. The molecule has 1 N–H and O–H groups in total. The second kappa shape index (κ2) is 8.88. The summed E-state index contributed by atoms with van der Waals surface area (Å²) >= 11 is 0. The molecule has 1 aliphatic heterocycles. The Labute approximate surface area is 213 Å². The van der Waals surface area contributed by atoms with Crippen LogP contribution in [-0.4, -0.2) is 16.7 Å². The number of benzene rings is 5. The lowest BCUT2D eigenvalue weighted by atomic mass is 10.0. The van der Waals surface area contributed by atoms with Crippen LogP contribution in [0.15, 0.2) is 136 Å². The van der Waals surface area contributed by atoms with Gasteiger partial charge in [-0.15, -0.1) is 0 Å². The van der Waals surface area contributed by atoms with Gasteiger partial charge in [0.25, 0.3) is 0 Å². The number of nitrogens with one attached hydrogen (secondary N) is 1. The van der Waals surface area contributed by atoms with Crippen molar-refractivity contribution in [3.63, 3.8) is 0 Å². The van der Waals surface area contributed by atoms with Crippen LogP contribution in [0.1, 0.15) is 22.9 Å². The van der Waals surface area contributed by atoms with E-state index in [-0.39, 0.29) is 6.17 Å². The van der Waals surface area contributed by atoms with Crippen LogP contribution in [0.3, 0.4) is 0 Å². The zero-order valence-electron chi connectivity index (χ0n) is 19.9. The second-order valence-corrected chi connectivity index (χ2v) is 8.97. The molecule has 0 saturated heterocycles. The van der Waals surface area contributed by atoms with Gasteiger partial charge in [0.15, 0.2) is 11.4 Å². The topological polar surface area (TPSA) is 62.8 Å². The summed E-state index contributed by atoms with van der Waals surface area (Å²) in [5.74, 6) is 2.11. The van der Waals surface area contributed by atoms with Crippen molar-refractivity contribution in [1.29, 1.82) is 0 Å². The van der Waals surface area contributed by atoms with E-state index in [4.69, 9.17) is 19.4 Å². The number of aromatic nitrogens is 1. The van der Waals surface area contributed by atoms with Crippen molar-refractivity contribution < 1.29 is 4.42 Å². The van der Waals surface area contributed by atoms with Crippen LogP contribution in [-0.2, 0) is 0 Å². The van der Waals surface area contributed by atoms with E-state index >= 15 is 0 Å². The first-order valence-electron chi connectivity index (χ1n) is 12.2. The molecule has 1 aromatic heterocycles. The fourth-order valence-electron chi connectivity index (χ4n) is 4.68. The molecule has 0 radical (unpaired) electrons. The minimum absolute atomic E-state index is 0.306. The molecule has 0 saturated carbocycles. The smallest absolute Gasteiger partial charge is 0.227 e. The van der Waals surface area contributed by atoms with Gasteiger partial charge in [0.1, 0.15) is 17.5 Å². The number of hydrogen-bond donors (Lipinski definition) is 1. The molecule has 176 valence electrons. The van der Waals surface area contributed by atoms with E-state index in [9.17, 15) is 0 Å². The summed E-state index contributed by atoms with van der Waals surface area (Å²) in [6.45, 7) is 0. The monoisotopic (exact) mass is 478 g/mol. The maximum atomic E-state index is 6.30. The Morgan fingerprint density at radius 3 is 2.03 bits per heavy atom. The summed E-state index contributed by atoms with van der Waals surface area (Å²) in [7, 11) is 0. The summed E-state index contributed by atoms with van der Waals surface area (Å²) in [4.78, 5) is 14.6. The predicted octanol–water partition coefficient (Wildman–Crippen LogP) is 7.14. The highest BCUT2D eigenvalue weighted by Gasteiger charge is 2.22. The standard InChI is InChI=1S/C32H22N4O/c1-4-10-22(11-5-1)29-34-30(23-12-6-2-7-13-23)36-31(35-29)25-17-16-21-18-19-27-28(26(21)20-25)37-32(33-27)24-14-8-3-9-15-24/h1-20,31H,(H,34,35,36). The Hall–Kier alpha value is -5.03. The molecule has 1 aliphatic rings. The lowest BCUT2D eigenvalue weighted by molar-refractivity contribution is 0.622. The number of rotatable bonds is 4. The maximum absolute atomic E-state index is 6.30. The van der Waals surface area contributed by atoms with Gasteiger partial charge in [-0.05, 0) is 35.2 Å². The third-order valence-electron chi connectivity index (χ3n) is 6.55. The highest BCUT2D eigenvalue weighted by Crippen LogP contribution is 2.32. The Kier molecular flexibility index (Phi) is 5.10. The number of amidine groups is 2. The molecular formula is C32H22N4O. The van der Waals surface area contributed by atoms with Gasteiger partial charge in [0, 0.05) is 22.1 Å². The van der Waals surface area contributed by atoms with Crippen molar-refractivity contribution in [2.45, 2.75) is 6.17 Å². The number of nitrogens with zero attached hydrogens (tertiary/aromatic N) is 3. The van der Waals surface area contributed by atoms with Gasteiger partial charge in [-0.25, -0.2) is 15.0 Å². The van der Waals surface area contributed by atoms with Gasteiger partial charge in [0.05, 0.1) is 0 Å². The molecule has 1 atom stereocenters. The SMILES string of the molecule is c1ccc(C2=NC(c3ccc4ccc5nc(-c6ccccc6)oc5c4c3)NC(c3ccccc3)=N2)cc1. The molecule has 2 heterocycles. The van der Waals surface area contributed by atoms with Crippen molar-refractivity contribution in [2.75, 3.05) is 0 Å². The van der Waals surface area contributed by atoms with Crippen LogP contribution in [0.25, 0.3) is 33.3 Å². The number of aliphatic imine (C=N–C) groups is 2. The van der Waals surface area contributed by atoms with Gasteiger partial charge in [-0.3, -0.25) is 0 Å². The first-order valence-corrected chi connectivity index (χ1v) is 12.2. The van der Waals surface area contributed by atoms with Gasteiger partial charge in [-0.2, -0.15) is 0 Å². The molecule has 0 bridgehead atoms. The average Bonchev–Trinajstić information content (AvgIpc) is 3.43. The van der Waals surface area contributed by atoms with Crippen LogP contribution in [0.2, 0.25) is 0 Å². The number of fused-ring (bicyclic) bond motifs is 3. The van der Waals surface area contributed by atoms with Crippen molar-refractivity contribution in [3.8, 4) is 11.5 Å². The van der Waals surface area contributed by atoms with Crippen LogP contribution in [0, 0.1) is 0 Å². The number of oxazole rings is 1. The van der Waals surface area contributed by atoms with E-state index in [1.54, 1.807) is 0 Å². The Balaban J connectivity index is 1.35. The van der Waals surface area contributed by atoms with Crippen molar-refractivity contribution in [1.82, 2.24) is 10.3 Å². The minimum atomic E-state index is -0.306. The van der Waals surface area contributed by atoms with E-state index in [0.29, 0.717) is 11.7 Å². The lowest BCUT2D eigenvalue weighted by Gasteiger charge is -2.24. The lowest BCUT2D eigenvalue weighted by Crippen LogP contribution is -2.33. The third kappa shape index (κ3) is 3.96. The summed E-state index contributed by atoms with van der Waals surface area (Å²) in [6.07, 6.45) is -0.306. The Morgan fingerprint density at radius 2 is 1.30 bits per heavy atom. The zero-order valence-corrected chi connectivity index (χ0v) is 19.9. The molecule has 1 unspecified atom stereocenters. The molecule has 0 fully saturated rings. The first kappa shape index (κ1) is 21.3. The molecule has 5 aromatic carbocycles. The molecule has 0 aliphatic carbocycles. The average molecular weight is 479 g/mol. The molecule has 37 heavy (non-hydrogen) atoms. The normalized spacial score (nSPS) is 15.3. The molecule has 7 rings (SSSR count). The van der Waals surface area contributed by atoms with Gasteiger partial charge >= 0.3 is 0 Å². The first-order chi connectivity index (χ1) is 18.3. The van der Waals surface area contributed by atoms with Crippen LogP contribution in [0.4, 0.5) is 0 Å². The molecule has 0 amide bonds. The van der Waals surface area contributed by atoms with E-state index in [1.165, 1.54) is 0 Å². The third-order valence-corrected chi connectivity index (χ3v) is 6.55. The van der Waals surface area contributed by atoms with Crippen LogP contribution in [0.5, 0.6) is 0 Å². The summed E-state index contributed by atoms with van der Waals surface area (Å²) in [5.41, 5.74) is 5.58. The van der Waals surface area contributed by atoms with E-state index < -0.39 is 0 Å².